The molecule has 17 heavy (non-hydrogen) atoms. The Balaban J connectivity index is 1.95. The summed E-state index contributed by atoms with van der Waals surface area (Å²) in [7, 11) is -3.03. The van der Waals surface area contributed by atoms with E-state index in [0.29, 0.717) is 6.54 Å². The first-order valence-corrected chi connectivity index (χ1v) is 7.54. The Morgan fingerprint density at radius 1 is 1.41 bits per heavy atom. The molecule has 1 saturated heterocycles. The van der Waals surface area contributed by atoms with Crippen molar-refractivity contribution >= 4 is 21.4 Å². The van der Waals surface area contributed by atoms with Crippen LogP contribution in [0.4, 0.5) is 4.39 Å². The third-order valence-corrected chi connectivity index (χ3v) is 5.12. The molecule has 0 amide bonds. The fraction of sp³-hybridized carbons (Fsp3) is 0.455. The van der Waals surface area contributed by atoms with Crippen molar-refractivity contribution < 1.29 is 12.8 Å². The lowest BCUT2D eigenvalue weighted by Gasteiger charge is -2.14. The highest BCUT2D eigenvalue weighted by atomic mass is 35.5. The van der Waals surface area contributed by atoms with E-state index in [-0.39, 0.29) is 23.4 Å². The maximum atomic E-state index is 12.9. The van der Waals surface area contributed by atoms with E-state index in [0.717, 1.165) is 5.56 Å². The van der Waals surface area contributed by atoms with E-state index < -0.39 is 15.2 Å². The average Bonchev–Trinajstić information content (AvgIpc) is 2.49. The fourth-order valence-corrected chi connectivity index (χ4v) is 4.50. The van der Waals surface area contributed by atoms with Crippen LogP contribution in [0.15, 0.2) is 24.3 Å². The zero-order valence-electron chi connectivity index (χ0n) is 9.07. The molecule has 1 heterocycles. The molecule has 94 valence electrons. The lowest BCUT2D eigenvalue weighted by molar-refractivity contribution is 0.555. The molecule has 0 radical (unpaired) electrons. The maximum absolute atomic E-state index is 12.9. The van der Waals surface area contributed by atoms with Crippen molar-refractivity contribution in [3.8, 4) is 0 Å². The Hall–Kier alpha value is -0.650. The number of alkyl halides is 1. The molecule has 0 bridgehead atoms. The van der Waals surface area contributed by atoms with Crippen molar-refractivity contribution in [1.29, 1.82) is 0 Å². The van der Waals surface area contributed by atoms with Crippen LogP contribution in [0.2, 0.25) is 0 Å². The van der Waals surface area contributed by atoms with Gasteiger partial charge in [0.1, 0.15) is 5.82 Å². The quantitative estimate of drug-likeness (QED) is 0.848. The van der Waals surface area contributed by atoms with Gasteiger partial charge in [0.15, 0.2) is 9.84 Å². The van der Waals surface area contributed by atoms with Crippen LogP contribution in [0.3, 0.4) is 0 Å². The summed E-state index contributed by atoms with van der Waals surface area (Å²) < 4.78 is 35.6. The van der Waals surface area contributed by atoms with Crippen molar-refractivity contribution in [2.45, 2.75) is 18.0 Å². The monoisotopic (exact) mass is 277 g/mol. The number of sulfone groups is 1. The predicted molar refractivity (Wildman–Crippen MR) is 65.3 cm³/mol. The van der Waals surface area contributed by atoms with E-state index in [1.807, 2.05) is 0 Å². The SMILES string of the molecule is O=S1(=O)C[C@@H](Cl)[C@@H](NCc2cccc(F)c2)C1. The van der Waals surface area contributed by atoms with Crippen molar-refractivity contribution in [3.63, 3.8) is 0 Å². The fourth-order valence-electron chi connectivity index (χ4n) is 1.89. The highest BCUT2D eigenvalue weighted by Crippen LogP contribution is 2.18. The molecule has 1 fully saturated rings. The molecule has 1 N–H and O–H groups in total. The van der Waals surface area contributed by atoms with Crippen LogP contribution < -0.4 is 5.32 Å². The van der Waals surface area contributed by atoms with Crippen LogP contribution in [0, 0.1) is 5.82 Å². The molecule has 0 saturated carbocycles. The molecular weight excluding hydrogens is 265 g/mol. The summed E-state index contributed by atoms with van der Waals surface area (Å²) >= 11 is 5.94. The molecule has 3 nitrogen and oxygen atoms in total. The van der Waals surface area contributed by atoms with Gasteiger partial charge in [-0.05, 0) is 17.7 Å². The van der Waals surface area contributed by atoms with Gasteiger partial charge in [0.25, 0.3) is 0 Å². The lowest BCUT2D eigenvalue weighted by atomic mass is 10.2. The molecule has 1 aliphatic rings. The number of hydrogen-bond acceptors (Lipinski definition) is 3. The Bertz CT molecular complexity index is 506. The van der Waals surface area contributed by atoms with Gasteiger partial charge in [0, 0.05) is 12.6 Å². The van der Waals surface area contributed by atoms with Gasteiger partial charge in [0.2, 0.25) is 0 Å². The summed E-state index contributed by atoms with van der Waals surface area (Å²) in [6, 6.07) is 5.93. The van der Waals surface area contributed by atoms with Crippen LogP contribution in [-0.2, 0) is 16.4 Å². The molecule has 2 rings (SSSR count). The van der Waals surface area contributed by atoms with Crippen LogP contribution >= 0.6 is 11.6 Å². The largest absolute Gasteiger partial charge is 0.307 e. The maximum Gasteiger partial charge on any atom is 0.153 e. The zero-order chi connectivity index (χ0) is 12.5. The van der Waals surface area contributed by atoms with Crippen molar-refractivity contribution in [3.05, 3.63) is 35.6 Å². The molecule has 0 aliphatic carbocycles. The second-order valence-corrected chi connectivity index (χ2v) is 6.92. The van der Waals surface area contributed by atoms with Crippen molar-refractivity contribution in [2.75, 3.05) is 11.5 Å². The van der Waals surface area contributed by atoms with Gasteiger partial charge in [-0.3, -0.25) is 0 Å². The van der Waals surface area contributed by atoms with Gasteiger partial charge >= 0.3 is 0 Å². The summed E-state index contributed by atoms with van der Waals surface area (Å²) in [6.07, 6.45) is 0. The number of nitrogens with one attached hydrogen (secondary N) is 1. The van der Waals surface area contributed by atoms with E-state index in [2.05, 4.69) is 5.32 Å². The zero-order valence-corrected chi connectivity index (χ0v) is 10.6. The topological polar surface area (TPSA) is 46.2 Å². The van der Waals surface area contributed by atoms with Crippen LogP contribution in [0.25, 0.3) is 0 Å². The third kappa shape index (κ3) is 3.40. The summed E-state index contributed by atoms with van der Waals surface area (Å²) in [6.45, 7) is 0.418. The van der Waals surface area contributed by atoms with Gasteiger partial charge in [-0.15, -0.1) is 11.6 Å². The molecule has 2 atom stereocenters. The van der Waals surface area contributed by atoms with E-state index in [1.54, 1.807) is 12.1 Å². The summed E-state index contributed by atoms with van der Waals surface area (Å²) in [5, 5.41) is 2.64. The van der Waals surface area contributed by atoms with Gasteiger partial charge in [-0.2, -0.15) is 0 Å². The molecule has 1 aromatic rings. The van der Waals surface area contributed by atoms with Gasteiger partial charge in [0.05, 0.1) is 16.9 Å². The standard InChI is InChI=1S/C11H13ClFNO2S/c12-10-6-17(15,16)7-11(10)14-5-8-2-1-3-9(13)4-8/h1-4,10-11,14H,5-7H2/t10-,11+/m1/s1. The highest BCUT2D eigenvalue weighted by molar-refractivity contribution is 7.91. The predicted octanol–water partition coefficient (Wildman–Crippen LogP) is 1.32. The summed E-state index contributed by atoms with van der Waals surface area (Å²) in [5.74, 6) is -0.239. The normalized spacial score (nSPS) is 27.2. The molecule has 0 aromatic heterocycles. The van der Waals surface area contributed by atoms with E-state index in [9.17, 15) is 12.8 Å². The Morgan fingerprint density at radius 2 is 2.18 bits per heavy atom. The van der Waals surface area contributed by atoms with Crippen LogP contribution in [0.5, 0.6) is 0 Å². The molecule has 1 aromatic carbocycles. The minimum atomic E-state index is -3.03. The highest BCUT2D eigenvalue weighted by Gasteiger charge is 2.35. The Labute approximate surface area is 105 Å². The van der Waals surface area contributed by atoms with Crippen molar-refractivity contribution in [1.82, 2.24) is 5.32 Å². The number of rotatable bonds is 3. The van der Waals surface area contributed by atoms with E-state index in [4.69, 9.17) is 11.6 Å². The minimum Gasteiger partial charge on any atom is -0.307 e. The van der Waals surface area contributed by atoms with E-state index in [1.165, 1.54) is 12.1 Å². The molecular formula is C11H13ClFNO2S. The molecule has 0 unspecified atom stereocenters. The first-order valence-electron chi connectivity index (χ1n) is 5.28. The Morgan fingerprint density at radius 3 is 2.76 bits per heavy atom. The summed E-state index contributed by atoms with van der Waals surface area (Å²) in [4.78, 5) is 0. The first-order chi connectivity index (χ1) is 7.96. The third-order valence-electron chi connectivity index (χ3n) is 2.74. The smallest absolute Gasteiger partial charge is 0.153 e. The molecule has 1 aliphatic heterocycles. The second-order valence-electron chi connectivity index (χ2n) is 4.21. The van der Waals surface area contributed by atoms with Gasteiger partial charge < -0.3 is 5.32 Å². The Kier molecular flexibility index (Phi) is 3.70. The second kappa shape index (κ2) is 4.92. The number of hydrogen-bond donors (Lipinski definition) is 1. The first kappa shape index (κ1) is 12.8. The van der Waals surface area contributed by atoms with Crippen LogP contribution in [-0.4, -0.2) is 31.3 Å². The van der Waals surface area contributed by atoms with E-state index >= 15 is 0 Å². The van der Waals surface area contributed by atoms with Crippen molar-refractivity contribution in [2.24, 2.45) is 0 Å². The van der Waals surface area contributed by atoms with Gasteiger partial charge in [-0.25, -0.2) is 12.8 Å². The number of halogens is 2. The molecule has 6 heteroatoms. The minimum absolute atomic E-state index is 0.00930. The molecule has 0 spiro atoms. The number of benzene rings is 1. The lowest BCUT2D eigenvalue weighted by Crippen LogP contribution is -2.35. The van der Waals surface area contributed by atoms with Gasteiger partial charge in [-0.1, -0.05) is 12.1 Å². The average molecular weight is 278 g/mol. The van der Waals surface area contributed by atoms with Crippen LogP contribution in [0.1, 0.15) is 5.56 Å². The summed E-state index contributed by atoms with van der Waals surface area (Å²) in [5.41, 5.74) is 0.776.